The van der Waals surface area contributed by atoms with Gasteiger partial charge in [0.25, 0.3) is 0 Å². The van der Waals surface area contributed by atoms with Crippen LogP contribution in [0.2, 0.25) is 0 Å². The van der Waals surface area contributed by atoms with Crippen LogP contribution in [0.15, 0.2) is 23.6 Å². The van der Waals surface area contributed by atoms with Crippen molar-refractivity contribution in [1.29, 1.82) is 0 Å². The maximum atomic E-state index is 11.8. The Bertz CT molecular complexity index is 521. The minimum Gasteiger partial charge on any atom is -0.496 e. The minimum atomic E-state index is -3.44. The van der Waals surface area contributed by atoms with Crippen LogP contribution < -0.4 is 9.46 Å². The second-order valence-corrected chi connectivity index (χ2v) is 5.36. The molecule has 4 nitrogen and oxygen atoms in total. The first kappa shape index (κ1) is 13.7. The quantitative estimate of drug-likeness (QED) is 0.873. The van der Waals surface area contributed by atoms with Crippen LogP contribution in [-0.4, -0.2) is 22.6 Å². The fourth-order valence-electron chi connectivity index (χ4n) is 1.62. The van der Waals surface area contributed by atoms with Crippen LogP contribution in [0.4, 0.5) is 0 Å². The zero-order chi connectivity index (χ0) is 13.1. The number of nitrogens with one attached hydrogen (secondary N) is 1. The van der Waals surface area contributed by atoms with E-state index in [0.717, 1.165) is 5.56 Å². The molecule has 0 saturated carbocycles. The molecule has 0 fully saturated rings. The number of rotatable bonds is 5. The molecule has 1 rings (SSSR count). The summed E-state index contributed by atoms with van der Waals surface area (Å²) in [6, 6.07) is 3.18. The molecule has 0 aromatic heterocycles. The van der Waals surface area contributed by atoms with Crippen LogP contribution in [0.1, 0.15) is 18.1 Å². The van der Waals surface area contributed by atoms with Crippen LogP contribution >= 0.6 is 0 Å². The van der Waals surface area contributed by atoms with Crippen molar-refractivity contribution in [3.8, 4) is 5.75 Å². The molecule has 0 heterocycles. The molecule has 17 heavy (non-hydrogen) atoms. The van der Waals surface area contributed by atoms with Crippen molar-refractivity contribution in [3.05, 3.63) is 29.8 Å². The van der Waals surface area contributed by atoms with E-state index in [9.17, 15) is 8.42 Å². The predicted molar refractivity (Wildman–Crippen MR) is 68.7 cm³/mol. The normalized spacial score (nSPS) is 11.2. The van der Waals surface area contributed by atoms with Crippen LogP contribution in [0, 0.1) is 0 Å². The van der Waals surface area contributed by atoms with Crippen molar-refractivity contribution in [2.24, 2.45) is 0 Å². The molecular formula is C12H17NO3S. The molecule has 0 aliphatic rings. The van der Waals surface area contributed by atoms with E-state index >= 15 is 0 Å². The number of aryl methyl sites for hydroxylation is 1. The number of hydrogen-bond donors (Lipinski definition) is 1. The average Bonchev–Trinajstić information content (AvgIpc) is 2.36. The molecule has 1 aromatic rings. The lowest BCUT2D eigenvalue weighted by atomic mass is 10.1. The van der Waals surface area contributed by atoms with Crippen molar-refractivity contribution in [2.45, 2.75) is 18.2 Å². The van der Waals surface area contributed by atoms with Crippen molar-refractivity contribution in [2.75, 3.05) is 14.2 Å². The van der Waals surface area contributed by atoms with Gasteiger partial charge in [-0.3, -0.25) is 0 Å². The second-order valence-electron chi connectivity index (χ2n) is 3.47. The molecule has 0 atom stereocenters. The fraction of sp³-hybridized carbons (Fsp3) is 0.333. The molecular weight excluding hydrogens is 238 g/mol. The average molecular weight is 255 g/mol. The Hall–Kier alpha value is -1.33. The third-order valence-electron chi connectivity index (χ3n) is 2.55. The van der Waals surface area contributed by atoms with E-state index in [1.807, 2.05) is 6.92 Å². The van der Waals surface area contributed by atoms with Crippen molar-refractivity contribution in [3.63, 3.8) is 0 Å². The Balaban J connectivity index is 3.53. The summed E-state index contributed by atoms with van der Waals surface area (Å²) in [7, 11) is -0.491. The van der Waals surface area contributed by atoms with Gasteiger partial charge in [0, 0.05) is 5.56 Å². The Labute approximate surface area is 102 Å². The van der Waals surface area contributed by atoms with Crippen LogP contribution in [-0.2, 0) is 16.4 Å². The van der Waals surface area contributed by atoms with Gasteiger partial charge in [0.2, 0.25) is 10.0 Å². The molecule has 1 aromatic carbocycles. The van der Waals surface area contributed by atoms with Gasteiger partial charge in [-0.2, -0.15) is 0 Å². The second kappa shape index (κ2) is 5.33. The van der Waals surface area contributed by atoms with E-state index < -0.39 is 10.0 Å². The lowest BCUT2D eigenvalue weighted by Gasteiger charge is -2.13. The van der Waals surface area contributed by atoms with E-state index in [1.54, 1.807) is 25.3 Å². The SMILES string of the molecule is C=Cc1cc(S(=O)(=O)NC)cc(CC)c1OC. The highest BCUT2D eigenvalue weighted by molar-refractivity contribution is 7.89. The van der Waals surface area contributed by atoms with Crippen LogP contribution in [0.25, 0.3) is 6.08 Å². The molecule has 0 bridgehead atoms. The van der Waals surface area contributed by atoms with Gasteiger partial charge in [0.05, 0.1) is 12.0 Å². The van der Waals surface area contributed by atoms with Gasteiger partial charge < -0.3 is 4.74 Å². The maximum Gasteiger partial charge on any atom is 0.240 e. The smallest absolute Gasteiger partial charge is 0.240 e. The molecule has 1 N–H and O–H groups in total. The van der Waals surface area contributed by atoms with Gasteiger partial charge in [-0.25, -0.2) is 13.1 Å². The lowest BCUT2D eigenvalue weighted by Crippen LogP contribution is -2.19. The third-order valence-corrected chi connectivity index (χ3v) is 3.95. The summed E-state index contributed by atoms with van der Waals surface area (Å²) in [5.74, 6) is 0.678. The topological polar surface area (TPSA) is 55.4 Å². The van der Waals surface area contributed by atoms with Gasteiger partial charge in [0.1, 0.15) is 5.75 Å². The Morgan fingerprint density at radius 3 is 2.53 bits per heavy atom. The van der Waals surface area contributed by atoms with E-state index in [-0.39, 0.29) is 4.90 Å². The molecule has 0 spiro atoms. The lowest BCUT2D eigenvalue weighted by molar-refractivity contribution is 0.408. The molecule has 0 aliphatic carbocycles. The summed E-state index contributed by atoms with van der Waals surface area (Å²) >= 11 is 0. The summed E-state index contributed by atoms with van der Waals surface area (Å²) in [6.45, 7) is 5.61. The maximum absolute atomic E-state index is 11.8. The Kier molecular flexibility index (Phi) is 4.31. The number of hydrogen-bond acceptors (Lipinski definition) is 3. The fourth-order valence-corrected chi connectivity index (χ4v) is 2.43. The van der Waals surface area contributed by atoms with Gasteiger partial charge >= 0.3 is 0 Å². The zero-order valence-corrected chi connectivity index (χ0v) is 11.1. The Morgan fingerprint density at radius 2 is 2.12 bits per heavy atom. The Morgan fingerprint density at radius 1 is 1.47 bits per heavy atom. The van der Waals surface area contributed by atoms with Gasteiger partial charge in [-0.05, 0) is 31.2 Å². The third kappa shape index (κ3) is 2.68. The highest BCUT2D eigenvalue weighted by Gasteiger charge is 2.16. The highest BCUT2D eigenvalue weighted by atomic mass is 32.2. The summed E-state index contributed by atoms with van der Waals surface area (Å²) in [6.07, 6.45) is 2.28. The summed E-state index contributed by atoms with van der Waals surface area (Å²) in [4.78, 5) is 0.229. The predicted octanol–water partition coefficient (Wildman–Crippen LogP) is 1.81. The molecule has 0 aliphatic heterocycles. The van der Waals surface area contributed by atoms with Gasteiger partial charge in [-0.15, -0.1) is 0 Å². The van der Waals surface area contributed by atoms with Crippen molar-refractivity contribution in [1.82, 2.24) is 4.72 Å². The first-order valence-electron chi connectivity index (χ1n) is 5.27. The van der Waals surface area contributed by atoms with E-state index in [0.29, 0.717) is 17.7 Å². The molecule has 5 heteroatoms. The molecule has 0 saturated heterocycles. The molecule has 0 amide bonds. The number of benzene rings is 1. The monoisotopic (exact) mass is 255 g/mol. The summed E-state index contributed by atoms with van der Waals surface area (Å²) in [5.41, 5.74) is 1.53. The number of ether oxygens (including phenoxy) is 1. The highest BCUT2D eigenvalue weighted by Crippen LogP contribution is 2.29. The molecule has 0 unspecified atom stereocenters. The van der Waals surface area contributed by atoms with Crippen LogP contribution in [0.5, 0.6) is 5.75 Å². The molecule has 0 radical (unpaired) electrons. The summed E-state index contributed by atoms with van der Waals surface area (Å²) < 4.78 is 31.1. The standard InChI is InChI=1S/C12H17NO3S/c1-5-9-7-11(17(14,15)13-3)8-10(6-2)12(9)16-4/h5,7-8,13H,1,6H2,2-4H3. The minimum absolute atomic E-state index is 0.229. The first-order chi connectivity index (χ1) is 8.00. The van der Waals surface area contributed by atoms with E-state index in [2.05, 4.69) is 11.3 Å². The van der Waals surface area contributed by atoms with Crippen LogP contribution in [0.3, 0.4) is 0 Å². The summed E-state index contributed by atoms with van der Waals surface area (Å²) in [5, 5.41) is 0. The first-order valence-corrected chi connectivity index (χ1v) is 6.75. The number of sulfonamides is 1. The van der Waals surface area contributed by atoms with E-state index in [1.165, 1.54) is 7.05 Å². The largest absolute Gasteiger partial charge is 0.496 e. The van der Waals surface area contributed by atoms with Crippen molar-refractivity contribution >= 4 is 16.1 Å². The van der Waals surface area contributed by atoms with Gasteiger partial charge in [0.15, 0.2) is 0 Å². The number of methoxy groups -OCH3 is 1. The van der Waals surface area contributed by atoms with Gasteiger partial charge in [-0.1, -0.05) is 19.6 Å². The van der Waals surface area contributed by atoms with Crippen molar-refractivity contribution < 1.29 is 13.2 Å². The molecule has 94 valence electrons. The van der Waals surface area contributed by atoms with E-state index in [4.69, 9.17) is 4.74 Å². The zero-order valence-electron chi connectivity index (χ0n) is 10.3.